The van der Waals surface area contributed by atoms with Crippen molar-refractivity contribution in [1.29, 1.82) is 21.0 Å². The van der Waals surface area contributed by atoms with Crippen LogP contribution in [0.2, 0.25) is 0 Å². The van der Waals surface area contributed by atoms with Gasteiger partial charge in [0.05, 0.1) is 50.3 Å². The zero-order valence-electron chi connectivity index (χ0n) is 12.9. The number of allylic oxidation sites excluding steroid dienone is 2. The van der Waals surface area contributed by atoms with Crippen LogP contribution in [0.1, 0.15) is 0 Å². The summed E-state index contributed by atoms with van der Waals surface area (Å²) < 4.78 is 9.44. The third-order valence-electron chi connectivity index (χ3n) is 4.96. The Balaban J connectivity index is 2.83. The maximum absolute atomic E-state index is 12.2. The molecule has 0 N–H and O–H groups in total. The van der Waals surface area contributed by atoms with Crippen molar-refractivity contribution in [3.63, 3.8) is 0 Å². The van der Waals surface area contributed by atoms with Gasteiger partial charge in [-0.15, -0.1) is 0 Å². The van der Waals surface area contributed by atoms with Crippen molar-refractivity contribution in [1.82, 2.24) is 0 Å². The highest BCUT2D eigenvalue weighted by Crippen LogP contribution is 2.64. The minimum absolute atomic E-state index is 0.802. The first kappa shape index (κ1) is 17.0. The third kappa shape index (κ3) is 1.69. The van der Waals surface area contributed by atoms with Crippen LogP contribution in [0.15, 0.2) is 12.2 Å². The molecule has 4 atom stereocenters. The second-order valence-corrected chi connectivity index (χ2v) is 5.60. The molecular weight excluding hydrogens is 312 g/mol. The number of fused-ring (bicyclic) bond motifs is 2. The Hall–Kier alpha value is -3.36. The molecule has 0 radical (unpaired) electrons. The van der Waals surface area contributed by atoms with E-state index in [-0.39, 0.29) is 0 Å². The molecule has 0 aliphatic heterocycles. The summed E-state index contributed by atoms with van der Waals surface area (Å²) in [6.07, 6.45) is 2.87. The Morgan fingerprint density at radius 1 is 0.792 bits per heavy atom. The van der Waals surface area contributed by atoms with E-state index in [4.69, 9.17) is 9.47 Å². The zero-order chi connectivity index (χ0) is 18.1. The molecule has 1 fully saturated rings. The molecule has 0 aromatic carbocycles. The number of esters is 2. The fourth-order valence-electron chi connectivity index (χ4n) is 3.84. The average molecular weight is 324 g/mol. The predicted molar refractivity (Wildman–Crippen MR) is 74.5 cm³/mol. The second-order valence-electron chi connectivity index (χ2n) is 5.60. The maximum Gasteiger partial charge on any atom is 0.310 e. The van der Waals surface area contributed by atoms with Gasteiger partial charge in [0, 0.05) is 11.8 Å². The van der Waals surface area contributed by atoms with Crippen LogP contribution >= 0.6 is 0 Å². The summed E-state index contributed by atoms with van der Waals surface area (Å²) in [5.74, 6) is -6.27. The third-order valence-corrected chi connectivity index (χ3v) is 4.96. The Bertz CT molecular complexity index is 695. The predicted octanol–water partition coefficient (Wildman–Crippen LogP) is 0.448. The monoisotopic (exact) mass is 324 g/mol. The van der Waals surface area contributed by atoms with Crippen molar-refractivity contribution >= 4 is 11.9 Å². The summed E-state index contributed by atoms with van der Waals surface area (Å²) in [6, 6.07) is 7.04. The highest BCUT2D eigenvalue weighted by Gasteiger charge is 2.74. The minimum atomic E-state index is -2.10. The molecule has 3 aliphatic carbocycles. The lowest BCUT2D eigenvalue weighted by atomic mass is 9.41. The summed E-state index contributed by atoms with van der Waals surface area (Å²) in [4.78, 5) is 24.5. The first-order chi connectivity index (χ1) is 11.4. The van der Waals surface area contributed by atoms with Crippen LogP contribution in [0.3, 0.4) is 0 Å². The number of nitriles is 4. The Labute approximate surface area is 138 Å². The Morgan fingerprint density at radius 3 is 1.29 bits per heavy atom. The number of rotatable bonds is 2. The van der Waals surface area contributed by atoms with Crippen molar-refractivity contribution in [2.75, 3.05) is 14.2 Å². The first-order valence-corrected chi connectivity index (χ1v) is 6.93. The van der Waals surface area contributed by atoms with E-state index in [0.717, 1.165) is 14.2 Å². The molecule has 0 aromatic heterocycles. The zero-order valence-corrected chi connectivity index (χ0v) is 12.9. The number of carbonyl (C=O) groups excluding carboxylic acids is 2. The van der Waals surface area contributed by atoms with E-state index in [1.54, 1.807) is 24.3 Å². The molecule has 1 saturated carbocycles. The minimum Gasteiger partial charge on any atom is -0.469 e. The number of methoxy groups -OCH3 is 2. The molecule has 0 amide bonds. The van der Waals surface area contributed by atoms with E-state index in [1.807, 2.05) is 0 Å². The van der Waals surface area contributed by atoms with Crippen LogP contribution in [0.4, 0.5) is 0 Å². The Morgan fingerprint density at radius 2 is 1.08 bits per heavy atom. The maximum atomic E-state index is 12.2. The van der Waals surface area contributed by atoms with Gasteiger partial charge in [0.1, 0.15) is 0 Å². The Kier molecular flexibility index (Phi) is 4.03. The van der Waals surface area contributed by atoms with E-state index >= 15 is 0 Å². The summed E-state index contributed by atoms with van der Waals surface area (Å²) in [5, 5.41) is 38.6. The number of ether oxygens (including phenoxy) is 2. The summed E-state index contributed by atoms with van der Waals surface area (Å²) in [6.45, 7) is 0. The molecule has 0 aromatic rings. The lowest BCUT2D eigenvalue weighted by molar-refractivity contribution is -0.171. The molecule has 8 nitrogen and oxygen atoms in total. The van der Waals surface area contributed by atoms with Gasteiger partial charge in [0.15, 0.2) is 10.8 Å². The van der Waals surface area contributed by atoms with Crippen molar-refractivity contribution in [2.45, 2.75) is 0 Å². The molecule has 120 valence electrons. The molecule has 2 bridgehead atoms. The molecule has 0 heterocycles. The summed E-state index contributed by atoms with van der Waals surface area (Å²) in [7, 11) is 2.23. The van der Waals surface area contributed by atoms with Crippen molar-refractivity contribution in [3.8, 4) is 24.3 Å². The average Bonchev–Trinajstić information content (AvgIpc) is 2.65. The van der Waals surface area contributed by atoms with Gasteiger partial charge < -0.3 is 9.47 Å². The smallest absolute Gasteiger partial charge is 0.310 e. The van der Waals surface area contributed by atoms with E-state index < -0.39 is 46.4 Å². The van der Waals surface area contributed by atoms with Crippen LogP contribution in [-0.2, 0) is 19.1 Å². The van der Waals surface area contributed by atoms with Gasteiger partial charge in [-0.2, -0.15) is 21.0 Å². The van der Waals surface area contributed by atoms with E-state index in [9.17, 15) is 30.6 Å². The molecule has 8 heteroatoms. The van der Waals surface area contributed by atoms with Crippen molar-refractivity contribution < 1.29 is 19.1 Å². The van der Waals surface area contributed by atoms with Gasteiger partial charge in [-0.05, 0) is 0 Å². The molecule has 0 saturated heterocycles. The molecule has 0 unspecified atom stereocenters. The van der Waals surface area contributed by atoms with Gasteiger partial charge in [0.2, 0.25) is 0 Å². The lowest BCUT2D eigenvalue weighted by Crippen LogP contribution is -2.63. The first-order valence-electron chi connectivity index (χ1n) is 6.93. The van der Waals surface area contributed by atoms with Gasteiger partial charge >= 0.3 is 11.9 Å². The molecular formula is C16H12N4O4. The van der Waals surface area contributed by atoms with Crippen LogP contribution in [0.25, 0.3) is 0 Å². The number of nitrogens with zero attached hydrogens (tertiary/aromatic N) is 4. The van der Waals surface area contributed by atoms with Crippen molar-refractivity contribution in [3.05, 3.63) is 12.2 Å². The summed E-state index contributed by atoms with van der Waals surface area (Å²) in [5.41, 5.74) is -4.20. The van der Waals surface area contributed by atoms with Gasteiger partial charge in [-0.1, -0.05) is 12.2 Å². The molecule has 3 aliphatic rings. The van der Waals surface area contributed by atoms with Crippen LogP contribution < -0.4 is 0 Å². The van der Waals surface area contributed by atoms with Crippen LogP contribution in [-0.4, -0.2) is 26.2 Å². The second kappa shape index (κ2) is 5.69. The van der Waals surface area contributed by atoms with Crippen molar-refractivity contribution in [2.24, 2.45) is 34.5 Å². The van der Waals surface area contributed by atoms with Gasteiger partial charge in [-0.25, -0.2) is 0 Å². The lowest BCUT2D eigenvalue weighted by Gasteiger charge is -2.53. The SMILES string of the molecule is COC(=O)[C@@H]1[C@@H](C(=O)OC)[C@@H]2C=C[C@@H]1C(C#N)(C#N)C2(C#N)C#N. The topological polar surface area (TPSA) is 148 Å². The number of hydrogen-bond donors (Lipinski definition) is 0. The highest BCUT2D eigenvalue weighted by molar-refractivity contribution is 5.85. The van der Waals surface area contributed by atoms with E-state index in [0.29, 0.717) is 0 Å². The number of carbonyl (C=O) groups is 2. The fraction of sp³-hybridized carbons (Fsp3) is 0.500. The van der Waals surface area contributed by atoms with E-state index in [2.05, 4.69) is 0 Å². The molecule has 24 heavy (non-hydrogen) atoms. The van der Waals surface area contributed by atoms with Gasteiger partial charge in [0.25, 0.3) is 0 Å². The molecule has 0 spiro atoms. The normalized spacial score (nSPS) is 30.8. The molecule has 3 rings (SSSR count). The van der Waals surface area contributed by atoms with Crippen LogP contribution in [0, 0.1) is 79.8 Å². The summed E-state index contributed by atoms with van der Waals surface area (Å²) >= 11 is 0. The number of hydrogen-bond acceptors (Lipinski definition) is 8. The highest BCUT2D eigenvalue weighted by atomic mass is 16.5. The van der Waals surface area contributed by atoms with E-state index in [1.165, 1.54) is 12.2 Å². The largest absolute Gasteiger partial charge is 0.469 e. The quantitative estimate of drug-likeness (QED) is 0.525. The van der Waals surface area contributed by atoms with Gasteiger partial charge in [-0.3, -0.25) is 9.59 Å². The standard InChI is InChI=1S/C16H12N4O4/c1-23-13(21)11-9-3-4-10(12(11)14(22)24-2)16(7-19,8-20)15(9,5-17)6-18/h3-4,9-12H,1-2H3/t9-,10-,11-,12-/m0/s1. The van der Waals surface area contributed by atoms with Crippen LogP contribution in [0.5, 0.6) is 0 Å². The fourth-order valence-corrected chi connectivity index (χ4v) is 3.84.